The molecule has 232 valence electrons. The number of rotatable bonds is 6. The first-order valence-corrected chi connectivity index (χ1v) is 17.0. The average molecular weight is 627 g/mol. The standard InChI is InChI=1S/C47H34N2/c48-26-25-31-13-15-34(16-14-31)35-17-21-36(22-18-35)46-30-44(40-24-20-33-8-2-4-10-38(33)28-40)45-29-43(41-11-5-6-12-42(41)47(45)49-46)39-23-19-32-7-1-3-9-37(32)27-39/h1-24,27-30H,25-26,48H2. The van der Waals surface area contributed by atoms with Gasteiger partial charge in [-0.3, -0.25) is 0 Å². The van der Waals surface area contributed by atoms with E-state index in [9.17, 15) is 0 Å². The van der Waals surface area contributed by atoms with E-state index >= 15 is 0 Å². The van der Waals surface area contributed by atoms with Crippen LogP contribution < -0.4 is 5.73 Å². The van der Waals surface area contributed by atoms with E-state index < -0.39 is 0 Å². The van der Waals surface area contributed by atoms with Gasteiger partial charge in [-0.05, 0) is 103 Å². The fourth-order valence-corrected chi connectivity index (χ4v) is 7.26. The Hall–Kier alpha value is -6.09. The Balaban J connectivity index is 1.26. The maximum absolute atomic E-state index is 5.77. The van der Waals surface area contributed by atoms with Gasteiger partial charge in [0.1, 0.15) is 0 Å². The van der Waals surface area contributed by atoms with Gasteiger partial charge in [-0.1, -0.05) is 146 Å². The molecule has 0 saturated carbocycles. The molecular weight excluding hydrogens is 593 g/mol. The van der Waals surface area contributed by atoms with Crippen LogP contribution in [0, 0.1) is 0 Å². The van der Waals surface area contributed by atoms with E-state index in [1.165, 1.54) is 65.9 Å². The monoisotopic (exact) mass is 626 g/mol. The van der Waals surface area contributed by atoms with Gasteiger partial charge in [0.2, 0.25) is 0 Å². The molecule has 9 rings (SSSR count). The summed E-state index contributed by atoms with van der Waals surface area (Å²) in [6, 6.07) is 61.6. The van der Waals surface area contributed by atoms with Crippen molar-refractivity contribution in [1.29, 1.82) is 0 Å². The van der Waals surface area contributed by atoms with Gasteiger partial charge in [-0.2, -0.15) is 0 Å². The lowest BCUT2D eigenvalue weighted by molar-refractivity contribution is 0.969. The van der Waals surface area contributed by atoms with E-state index in [0.29, 0.717) is 6.54 Å². The van der Waals surface area contributed by atoms with Crippen molar-refractivity contribution in [3.05, 3.63) is 175 Å². The minimum Gasteiger partial charge on any atom is -0.330 e. The smallest absolute Gasteiger partial charge is 0.0794 e. The van der Waals surface area contributed by atoms with E-state index in [1.807, 2.05) is 0 Å². The van der Waals surface area contributed by atoms with Crippen molar-refractivity contribution >= 4 is 43.2 Å². The second-order valence-electron chi connectivity index (χ2n) is 12.9. The minimum absolute atomic E-state index is 0.661. The molecule has 9 aromatic rings. The maximum atomic E-state index is 5.77. The van der Waals surface area contributed by atoms with Crippen LogP contribution in [-0.2, 0) is 6.42 Å². The van der Waals surface area contributed by atoms with E-state index in [0.717, 1.165) is 34.0 Å². The first-order chi connectivity index (χ1) is 24.2. The summed E-state index contributed by atoms with van der Waals surface area (Å²) in [5, 5.41) is 8.45. The number of hydrogen-bond donors (Lipinski definition) is 1. The second kappa shape index (κ2) is 12.2. The van der Waals surface area contributed by atoms with Gasteiger partial charge in [0.15, 0.2) is 0 Å². The van der Waals surface area contributed by atoms with Crippen LogP contribution in [-0.4, -0.2) is 11.5 Å². The summed E-state index contributed by atoms with van der Waals surface area (Å²) in [6.45, 7) is 0.661. The van der Waals surface area contributed by atoms with Gasteiger partial charge in [0, 0.05) is 16.3 Å². The van der Waals surface area contributed by atoms with Crippen LogP contribution in [0.25, 0.3) is 87.9 Å². The highest BCUT2D eigenvalue weighted by Crippen LogP contribution is 2.41. The molecule has 0 atom stereocenters. The summed E-state index contributed by atoms with van der Waals surface area (Å²) in [4.78, 5) is 5.43. The lowest BCUT2D eigenvalue weighted by atomic mass is 9.90. The van der Waals surface area contributed by atoms with Gasteiger partial charge in [0.25, 0.3) is 0 Å². The predicted octanol–water partition coefficient (Wildman–Crippen LogP) is 11.9. The number of aromatic nitrogens is 1. The summed E-state index contributed by atoms with van der Waals surface area (Å²) in [5.74, 6) is 0. The van der Waals surface area contributed by atoms with Gasteiger partial charge < -0.3 is 5.73 Å². The van der Waals surface area contributed by atoms with Gasteiger partial charge in [-0.15, -0.1) is 0 Å². The van der Waals surface area contributed by atoms with Crippen LogP contribution in [0.1, 0.15) is 5.56 Å². The Morgan fingerprint density at radius 1 is 0.388 bits per heavy atom. The Kier molecular flexibility index (Phi) is 7.22. The summed E-state index contributed by atoms with van der Waals surface area (Å²) < 4.78 is 0. The summed E-state index contributed by atoms with van der Waals surface area (Å²) in [7, 11) is 0. The van der Waals surface area contributed by atoms with E-state index in [1.54, 1.807) is 0 Å². The quantitative estimate of drug-likeness (QED) is 0.187. The largest absolute Gasteiger partial charge is 0.330 e. The Morgan fingerprint density at radius 3 is 1.49 bits per heavy atom. The number of nitrogens with zero attached hydrogens (tertiary/aromatic N) is 1. The SMILES string of the molecule is NCCc1ccc(-c2ccc(-c3cc(-c4ccc5ccccc5c4)c4cc(-c5ccc6ccccc6c5)c5ccccc5c4n3)cc2)cc1. The highest BCUT2D eigenvalue weighted by Gasteiger charge is 2.17. The molecule has 0 aliphatic heterocycles. The molecule has 0 amide bonds. The molecule has 2 heteroatoms. The van der Waals surface area contributed by atoms with Gasteiger partial charge >= 0.3 is 0 Å². The second-order valence-corrected chi connectivity index (χ2v) is 12.9. The third kappa shape index (κ3) is 5.33. The zero-order valence-electron chi connectivity index (χ0n) is 27.1. The number of benzene rings is 8. The maximum Gasteiger partial charge on any atom is 0.0794 e. The molecule has 0 aliphatic carbocycles. The van der Waals surface area contributed by atoms with Gasteiger partial charge in [-0.25, -0.2) is 4.98 Å². The van der Waals surface area contributed by atoms with Crippen molar-refractivity contribution in [2.24, 2.45) is 5.73 Å². The van der Waals surface area contributed by atoms with Crippen LogP contribution in [0.3, 0.4) is 0 Å². The third-order valence-electron chi connectivity index (χ3n) is 9.84. The molecule has 2 nitrogen and oxygen atoms in total. The third-order valence-corrected chi connectivity index (χ3v) is 9.84. The molecule has 1 heterocycles. The summed E-state index contributed by atoms with van der Waals surface area (Å²) in [5.41, 5.74) is 17.3. The Labute approximate surface area is 286 Å². The minimum atomic E-state index is 0.661. The van der Waals surface area contributed by atoms with Gasteiger partial charge in [0.05, 0.1) is 11.2 Å². The summed E-state index contributed by atoms with van der Waals surface area (Å²) >= 11 is 0. The molecule has 0 bridgehead atoms. The molecule has 8 aromatic carbocycles. The zero-order chi connectivity index (χ0) is 32.7. The van der Waals surface area contributed by atoms with Crippen LogP contribution in [0.4, 0.5) is 0 Å². The number of fused-ring (bicyclic) bond motifs is 5. The normalized spacial score (nSPS) is 11.5. The molecule has 2 N–H and O–H groups in total. The molecule has 0 fully saturated rings. The van der Waals surface area contributed by atoms with Crippen molar-refractivity contribution in [2.75, 3.05) is 6.54 Å². The van der Waals surface area contributed by atoms with E-state index in [2.05, 4.69) is 170 Å². The molecule has 0 saturated heterocycles. The van der Waals surface area contributed by atoms with Crippen molar-refractivity contribution in [2.45, 2.75) is 6.42 Å². The van der Waals surface area contributed by atoms with E-state index in [-0.39, 0.29) is 0 Å². The highest BCUT2D eigenvalue weighted by molar-refractivity contribution is 6.16. The molecule has 0 spiro atoms. The average Bonchev–Trinajstić information content (AvgIpc) is 3.17. The molecule has 1 aromatic heterocycles. The van der Waals surface area contributed by atoms with Crippen molar-refractivity contribution in [3.8, 4) is 44.6 Å². The van der Waals surface area contributed by atoms with Crippen LogP contribution in [0.5, 0.6) is 0 Å². The summed E-state index contributed by atoms with van der Waals surface area (Å²) in [6.07, 6.45) is 0.894. The van der Waals surface area contributed by atoms with Crippen LogP contribution in [0.15, 0.2) is 170 Å². The predicted molar refractivity (Wildman–Crippen MR) is 209 cm³/mol. The molecule has 49 heavy (non-hydrogen) atoms. The topological polar surface area (TPSA) is 38.9 Å². The fraction of sp³-hybridized carbons (Fsp3) is 0.0426. The zero-order valence-corrected chi connectivity index (χ0v) is 27.1. The first kappa shape index (κ1) is 29.1. The number of pyridine rings is 1. The van der Waals surface area contributed by atoms with Crippen molar-refractivity contribution in [3.63, 3.8) is 0 Å². The van der Waals surface area contributed by atoms with Crippen LogP contribution in [0.2, 0.25) is 0 Å². The van der Waals surface area contributed by atoms with Crippen LogP contribution >= 0.6 is 0 Å². The number of nitrogens with two attached hydrogens (primary N) is 1. The lowest BCUT2D eigenvalue weighted by Gasteiger charge is -2.16. The molecular formula is C47H34N2. The van der Waals surface area contributed by atoms with Crippen molar-refractivity contribution < 1.29 is 0 Å². The lowest BCUT2D eigenvalue weighted by Crippen LogP contribution is -2.02. The Morgan fingerprint density at radius 2 is 0.878 bits per heavy atom. The molecule has 0 unspecified atom stereocenters. The number of hydrogen-bond acceptors (Lipinski definition) is 2. The molecule has 0 aliphatic rings. The molecule has 0 radical (unpaired) electrons. The van der Waals surface area contributed by atoms with Crippen molar-refractivity contribution in [1.82, 2.24) is 4.98 Å². The Bertz CT molecular complexity index is 2650. The highest BCUT2D eigenvalue weighted by atomic mass is 14.7. The van der Waals surface area contributed by atoms with E-state index in [4.69, 9.17) is 10.7 Å². The first-order valence-electron chi connectivity index (χ1n) is 17.0. The fourth-order valence-electron chi connectivity index (χ4n) is 7.26.